The molecule has 1 fully saturated rings. The van der Waals surface area contributed by atoms with Crippen molar-refractivity contribution in [1.29, 1.82) is 0 Å². The quantitative estimate of drug-likeness (QED) is 0.498. The van der Waals surface area contributed by atoms with E-state index in [1.165, 1.54) is 0 Å². The van der Waals surface area contributed by atoms with Crippen LogP contribution in [0.3, 0.4) is 0 Å². The van der Waals surface area contributed by atoms with E-state index in [9.17, 15) is 4.79 Å². The predicted molar refractivity (Wildman–Crippen MR) is 124 cm³/mol. The molecule has 1 aliphatic carbocycles. The van der Waals surface area contributed by atoms with Crippen LogP contribution >= 0.6 is 0 Å². The summed E-state index contributed by atoms with van der Waals surface area (Å²) in [7, 11) is 0. The largest absolute Gasteiger partial charge is 0.368 e. The van der Waals surface area contributed by atoms with Crippen LogP contribution in [-0.4, -0.2) is 25.8 Å². The number of benzene rings is 1. The Hall–Kier alpha value is -4.13. The van der Waals surface area contributed by atoms with E-state index in [1.807, 2.05) is 48.5 Å². The number of carbonyl (C=O) groups is 1. The highest BCUT2D eigenvalue weighted by Crippen LogP contribution is 2.45. The first kappa shape index (κ1) is 19.8. The fourth-order valence-corrected chi connectivity index (χ4v) is 4.06. The highest BCUT2D eigenvalue weighted by molar-refractivity contribution is 5.99. The second-order valence-electron chi connectivity index (χ2n) is 7.97. The molecule has 1 aromatic carbocycles. The Morgan fingerprint density at radius 3 is 2.00 bits per heavy atom. The van der Waals surface area contributed by atoms with Crippen molar-refractivity contribution in [2.45, 2.75) is 24.7 Å². The highest BCUT2D eigenvalue weighted by atomic mass is 16.2. The summed E-state index contributed by atoms with van der Waals surface area (Å²) in [5, 5.41) is 3.02. The molecule has 4 aromatic rings. The summed E-state index contributed by atoms with van der Waals surface area (Å²) in [5.74, 6) is 0.782. The molecule has 0 bridgehead atoms. The average Bonchev–Trinajstić information content (AvgIpc) is 2.80. The third-order valence-electron chi connectivity index (χ3n) is 6.10. The third-order valence-corrected chi connectivity index (χ3v) is 6.10. The minimum Gasteiger partial charge on any atom is -0.368 e. The van der Waals surface area contributed by atoms with Crippen LogP contribution in [-0.2, 0) is 10.2 Å². The normalized spacial score (nSPS) is 14.4. The summed E-state index contributed by atoms with van der Waals surface area (Å²) in [6.07, 6.45) is 11.3. The van der Waals surface area contributed by atoms with E-state index >= 15 is 0 Å². The van der Waals surface area contributed by atoms with Gasteiger partial charge in [-0.05, 0) is 53.8 Å². The average molecular weight is 422 g/mol. The van der Waals surface area contributed by atoms with Gasteiger partial charge in [0, 0.05) is 42.1 Å². The summed E-state index contributed by atoms with van der Waals surface area (Å²) < 4.78 is 0. The van der Waals surface area contributed by atoms with E-state index < -0.39 is 5.41 Å². The molecular weight excluding hydrogens is 400 g/mol. The van der Waals surface area contributed by atoms with Crippen LogP contribution in [0.25, 0.3) is 22.3 Å². The van der Waals surface area contributed by atoms with Gasteiger partial charge in [0.05, 0.1) is 5.41 Å². The summed E-state index contributed by atoms with van der Waals surface area (Å²) in [6, 6.07) is 15.7. The number of carbonyl (C=O) groups excluding carboxylic acids is 1. The number of nitrogens with one attached hydrogen (secondary N) is 1. The lowest BCUT2D eigenvalue weighted by molar-refractivity contribution is -0.124. The van der Waals surface area contributed by atoms with Gasteiger partial charge in [-0.25, -0.2) is 15.0 Å². The molecule has 0 aliphatic heterocycles. The van der Waals surface area contributed by atoms with Crippen molar-refractivity contribution in [3.63, 3.8) is 0 Å². The topological polar surface area (TPSA) is 107 Å². The molecule has 0 unspecified atom stereocenters. The van der Waals surface area contributed by atoms with E-state index in [1.54, 1.807) is 31.0 Å². The maximum atomic E-state index is 13.3. The maximum Gasteiger partial charge on any atom is 0.236 e. The molecule has 158 valence electrons. The number of nitrogens with zero attached hydrogens (tertiary/aromatic N) is 4. The molecule has 3 heterocycles. The van der Waals surface area contributed by atoms with Crippen LogP contribution in [0, 0.1) is 0 Å². The maximum absolute atomic E-state index is 13.3. The Kier molecular flexibility index (Phi) is 5.07. The predicted octanol–water partition coefficient (Wildman–Crippen LogP) is 4.24. The van der Waals surface area contributed by atoms with Gasteiger partial charge < -0.3 is 11.1 Å². The van der Waals surface area contributed by atoms with Gasteiger partial charge in [0.15, 0.2) is 0 Å². The number of pyridine rings is 2. The van der Waals surface area contributed by atoms with Crippen LogP contribution in [0.5, 0.6) is 0 Å². The van der Waals surface area contributed by atoms with Gasteiger partial charge in [-0.2, -0.15) is 0 Å². The Balaban J connectivity index is 1.33. The molecule has 0 atom stereocenters. The van der Waals surface area contributed by atoms with Gasteiger partial charge in [-0.1, -0.05) is 30.7 Å². The Bertz CT molecular complexity index is 1220. The molecule has 32 heavy (non-hydrogen) atoms. The molecule has 1 saturated carbocycles. The van der Waals surface area contributed by atoms with Crippen molar-refractivity contribution in [3.05, 3.63) is 85.1 Å². The zero-order chi connectivity index (χ0) is 22.0. The van der Waals surface area contributed by atoms with Crippen molar-refractivity contribution in [2.75, 3.05) is 11.1 Å². The van der Waals surface area contributed by atoms with Crippen LogP contribution in [0.15, 0.2) is 79.5 Å². The summed E-state index contributed by atoms with van der Waals surface area (Å²) in [4.78, 5) is 29.8. The molecule has 0 radical (unpaired) electrons. The molecule has 0 saturated heterocycles. The van der Waals surface area contributed by atoms with Crippen molar-refractivity contribution < 1.29 is 4.79 Å². The van der Waals surface area contributed by atoms with Crippen LogP contribution < -0.4 is 11.1 Å². The molecule has 1 amide bonds. The highest BCUT2D eigenvalue weighted by Gasteiger charge is 2.45. The van der Waals surface area contributed by atoms with Gasteiger partial charge >= 0.3 is 0 Å². The Morgan fingerprint density at radius 2 is 1.41 bits per heavy atom. The third kappa shape index (κ3) is 3.69. The fourth-order valence-electron chi connectivity index (χ4n) is 4.06. The minimum absolute atomic E-state index is 0.0171. The first-order valence-corrected chi connectivity index (χ1v) is 10.5. The van der Waals surface area contributed by atoms with Gasteiger partial charge in [0.1, 0.15) is 5.82 Å². The van der Waals surface area contributed by atoms with Crippen molar-refractivity contribution >= 4 is 17.7 Å². The Labute approximate surface area is 185 Å². The number of hydrogen-bond donors (Lipinski definition) is 2. The summed E-state index contributed by atoms with van der Waals surface area (Å²) in [6.45, 7) is 0. The molecule has 5 rings (SSSR count). The van der Waals surface area contributed by atoms with Crippen molar-refractivity contribution in [3.8, 4) is 22.3 Å². The first-order valence-electron chi connectivity index (χ1n) is 10.5. The molecule has 7 heteroatoms. The molecule has 7 nitrogen and oxygen atoms in total. The molecule has 1 aliphatic rings. The minimum atomic E-state index is -0.526. The summed E-state index contributed by atoms with van der Waals surface area (Å²) in [5.41, 5.74) is 9.94. The van der Waals surface area contributed by atoms with Gasteiger partial charge in [-0.3, -0.25) is 9.78 Å². The second kappa shape index (κ2) is 8.19. The van der Waals surface area contributed by atoms with Crippen molar-refractivity contribution in [2.24, 2.45) is 0 Å². The zero-order valence-electron chi connectivity index (χ0n) is 17.4. The van der Waals surface area contributed by atoms with Crippen LogP contribution in [0.4, 0.5) is 11.8 Å². The number of hydrogen-bond acceptors (Lipinski definition) is 6. The Morgan fingerprint density at radius 1 is 0.781 bits per heavy atom. The van der Waals surface area contributed by atoms with Crippen molar-refractivity contribution in [1.82, 2.24) is 19.9 Å². The number of nitrogen functional groups attached to an aromatic ring is 1. The number of rotatable bonds is 5. The van der Waals surface area contributed by atoms with E-state index in [2.05, 4.69) is 25.3 Å². The molecule has 3 aromatic heterocycles. The van der Waals surface area contributed by atoms with Crippen LogP contribution in [0.1, 0.15) is 24.8 Å². The summed E-state index contributed by atoms with van der Waals surface area (Å²) >= 11 is 0. The van der Waals surface area contributed by atoms with Gasteiger partial charge in [0.2, 0.25) is 11.9 Å². The SMILES string of the molecule is Nc1ncc(-c2ccc(C3(C(=O)Nc4ccc(-c5ccncc5)cn4)CCC3)cc2)cn1. The molecule has 0 spiro atoms. The lowest BCUT2D eigenvalue weighted by Gasteiger charge is -2.40. The standard InChI is InChI=1S/C25H22N6O/c26-24-29-15-20(16-30-24)17-2-5-21(6-3-17)25(10-1-11-25)23(32)31-22-7-4-19(14-28-22)18-8-12-27-13-9-18/h2-9,12-16H,1,10-11H2,(H2,26,29,30)(H,28,31,32). The molecular formula is C25H22N6O. The lowest BCUT2D eigenvalue weighted by Crippen LogP contribution is -2.46. The van der Waals surface area contributed by atoms with E-state index in [-0.39, 0.29) is 11.9 Å². The van der Waals surface area contributed by atoms with Gasteiger partial charge in [0.25, 0.3) is 0 Å². The lowest BCUT2D eigenvalue weighted by atomic mass is 9.63. The second-order valence-corrected chi connectivity index (χ2v) is 7.97. The first-order chi connectivity index (χ1) is 15.6. The van der Waals surface area contributed by atoms with Gasteiger partial charge in [-0.15, -0.1) is 0 Å². The number of amides is 1. The van der Waals surface area contributed by atoms with E-state index in [0.29, 0.717) is 5.82 Å². The zero-order valence-corrected chi connectivity index (χ0v) is 17.4. The fraction of sp³-hybridized carbons (Fsp3) is 0.160. The van der Waals surface area contributed by atoms with Crippen LogP contribution in [0.2, 0.25) is 0 Å². The number of nitrogens with two attached hydrogens (primary N) is 1. The van der Waals surface area contributed by atoms with E-state index in [0.717, 1.165) is 47.1 Å². The van der Waals surface area contributed by atoms with E-state index in [4.69, 9.17) is 5.73 Å². The monoisotopic (exact) mass is 422 g/mol. The smallest absolute Gasteiger partial charge is 0.236 e. The molecule has 3 N–H and O–H groups in total. The number of anilines is 2. The number of aromatic nitrogens is 4.